The van der Waals surface area contributed by atoms with Crippen molar-refractivity contribution in [2.45, 2.75) is 33.2 Å². The van der Waals surface area contributed by atoms with E-state index in [-0.39, 0.29) is 24.3 Å². The highest BCUT2D eigenvalue weighted by Crippen LogP contribution is 2.26. The maximum atomic E-state index is 12.6. The highest BCUT2D eigenvalue weighted by Gasteiger charge is 2.27. The summed E-state index contributed by atoms with van der Waals surface area (Å²) in [5.41, 5.74) is 2.12. The van der Waals surface area contributed by atoms with Gasteiger partial charge in [-0.1, -0.05) is 13.0 Å². The van der Waals surface area contributed by atoms with Crippen molar-refractivity contribution in [3.8, 4) is 5.75 Å². The lowest BCUT2D eigenvalue weighted by atomic mass is 10.0. The number of benzene rings is 1. The number of hydrogen-bond acceptors (Lipinski definition) is 4. The summed E-state index contributed by atoms with van der Waals surface area (Å²) in [6.07, 6.45) is 0.905. The molecule has 0 spiro atoms. The van der Waals surface area contributed by atoms with Crippen LogP contribution in [0.5, 0.6) is 5.75 Å². The van der Waals surface area contributed by atoms with E-state index in [1.807, 2.05) is 19.9 Å². The van der Waals surface area contributed by atoms with Gasteiger partial charge in [-0.15, -0.1) is 0 Å². The van der Waals surface area contributed by atoms with Crippen molar-refractivity contribution < 1.29 is 15.0 Å². The number of aryl methyl sites for hydroxylation is 1. The van der Waals surface area contributed by atoms with E-state index >= 15 is 0 Å². The highest BCUT2D eigenvalue weighted by atomic mass is 16.3. The second-order valence-corrected chi connectivity index (χ2v) is 5.98. The van der Waals surface area contributed by atoms with Gasteiger partial charge >= 0.3 is 0 Å². The van der Waals surface area contributed by atoms with E-state index in [9.17, 15) is 15.0 Å². The summed E-state index contributed by atoms with van der Waals surface area (Å²) in [4.78, 5) is 16.6. The number of aliphatic hydroxyl groups excluding tert-OH is 1. The van der Waals surface area contributed by atoms with Gasteiger partial charge in [0.2, 0.25) is 0 Å². The Balaban J connectivity index is 2.06. The molecule has 1 aliphatic heterocycles. The van der Waals surface area contributed by atoms with Crippen LogP contribution in [0.3, 0.4) is 0 Å². The summed E-state index contributed by atoms with van der Waals surface area (Å²) in [5.74, 6) is -0.0217. The molecule has 22 heavy (non-hydrogen) atoms. The Hall–Kier alpha value is -1.59. The van der Waals surface area contributed by atoms with Crippen LogP contribution in [-0.2, 0) is 0 Å². The molecule has 1 atom stereocenters. The van der Waals surface area contributed by atoms with Gasteiger partial charge in [-0.3, -0.25) is 9.69 Å². The number of aliphatic hydroxyl groups is 1. The molecule has 0 aliphatic carbocycles. The van der Waals surface area contributed by atoms with Crippen molar-refractivity contribution in [3.63, 3.8) is 0 Å². The SMILES string of the molecule is CCC(CO)N1CCN(C(=O)c2ccc(C)c(C)c2O)CC1. The Morgan fingerprint density at radius 1 is 1.23 bits per heavy atom. The number of amides is 1. The van der Waals surface area contributed by atoms with E-state index < -0.39 is 0 Å². The Morgan fingerprint density at radius 2 is 1.86 bits per heavy atom. The van der Waals surface area contributed by atoms with Crippen LogP contribution in [0, 0.1) is 13.8 Å². The lowest BCUT2D eigenvalue weighted by Gasteiger charge is -2.38. The van der Waals surface area contributed by atoms with Gasteiger partial charge in [0.25, 0.3) is 5.91 Å². The predicted octanol–water partition coefficient (Wildman–Crippen LogP) is 1.54. The van der Waals surface area contributed by atoms with Crippen LogP contribution >= 0.6 is 0 Å². The molecule has 1 amide bonds. The van der Waals surface area contributed by atoms with Crippen molar-refractivity contribution in [2.24, 2.45) is 0 Å². The van der Waals surface area contributed by atoms with Crippen LogP contribution in [0.2, 0.25) is 0 Å². The number of phenols is 1. The molecule has 122 valence electrons. The maximum absolute atomic E-state index is 12.6. The molecule has 0 bridgehead atoms. The largest absolute Gasteiger partial charge is 0.507 e. The van der Waals surface area contributed by atoms with Crippen LogP contribution in [0.25, 0.3) is 0 Å². The van der Waals surface area contributed by atoms with Crippen molar-refractivity contribution in [2.75, 3.05) is 32.8 Å². The van der Waals surface area contributed by atoms with Crippen LogP contribution in [-0.4, -0.2) is 64.7 Å². The average molecular weight is 306 g/mol. The molecule has 5 nitrogen and oxygen atoms in total. The van der Waals surface area contributed by atoms with Crippen LogP contribution in [0.4, 0.5) is 0 Å². The Morgan fingerprint density at radius 3 is 2.41 bits per heavy atom. The van der Waals surface area contributed by atoms with Crippen LogP contribution in [0.1, 0.15) is 34.8 Å². The van der Waals surface area contributed by atoms with Gasteiger partial charge in [-0.25, -0.2) is 0 Å². The van der Waals surface area contributed by atoms with Crippen molar-refractivity contribution in [3.05, 3.63) is 28.8 Å². The molecule has 0 saturated carbocycles. The third-order valence-electron chi connectivity index (χ3n) is 4.73. The molecule has 2 rings (SSSR count). The summed E-state index contributed by atoms with van der Waals surface area (Å²) in [7, 11) is 0. The van der Waals surface area contributed by atoms with Gasteiger partial charge in [0.15, 0.2) is 0 Å². The fraction of sp³-hybridized carbons (Fsp3) is 0.588. The maximum Gasteiger partial charge on any atom is 0.257 e. The first-order chi connectivity index (χ1) is 10.5. The summed E-state index contributed by atoms with van der Waals surface area (Å²) in [6, 6.07) is 3.75. The standard InChI is InChI=1S/C17H26N2O3/c1-4-14(11-20)18-7-9-19(10-8-18)17(22)15-6-5-12(2)13(3)16(15)21/h5-6,14,20-21H,4,7-11H2,1-3H3. The van der Waals surface area contributed by atoms with Gasteiger partial charge in [0.05, 0.1) is 12.2 Å². The van der Waals surface area contributed by atoms with E-state index in [1.165, 1.54) is 0 Å². The number of aromatic hydroxyl groups is 1. The molecule has 2 N–H and O–H groups in total. The fourth-order valence-electron chi connectivity index (χ4n) is 2.94. The number of rotatable bonds is 4. The summed E-state index contributed by atoms with van der Waals surface area (Å²) >= 11 is 0. The molecule has 1 fully saturated rings. The number of phenolic OH excluding ortho intramolecular Hbond substituents is 1. The fourth-order valence-corrected chi connectivity index (χ4v) is 2.94. The minimum atomic E-state index is -0.114. The minimum absolute atomic E-state index is 0.0919. The highest BCUT2D eigenvalue weighted by molar-refractivity contribution is 5.97. The zero-order valence-corrected chi connectivity index (χ0v) is 13.7. The number of nitrogens with zero attached hydrogens (tertiary/aromatic N) is 2. The molecule has 1 aliphatic rings. The average Bonchev–Trinajstić information content (AvgIpc) is 2.54. The van der Waals surface area contributed by atoms with Gasteiger partial charge < -0.3 is 15.1 Å². The molecular weight excluding hydrogens is 280 g/mol. The van der Waals surface area contributed by atoms with Crippen molar-refractivity contribution in [1.82, 2.24) is 9.80 Å². The topological polar surface area (TPSA) is 64.0 Å². The first-order valence-electron chi connectivity index (χ1n) is 7.92. The smallest absolute Gasteiger partial charge is 0.257 e. The summed E-state index contributed by atoms with van der Waals surface area (Å²) in [6.45, 7) is 8.73. The third-order valence-corrected chi connectivity index (χ3v) is 4.73. The monoisotopic (exact) mass is 306 g/mol. The molecule has 0 aromatic heterocycles. The molecule has 0 radical (unpaired) electrons. The second kappa shape index (κ2) is 7.11. The number of carbonyl (C=O) groups excluding carboxylic acids is 1. The number of piperazine rings is 1. The van der Waals surface area contributed by atoms with Crippen LogP contribution < -0.4 is 0 Å². The quantitative estimate of drug-likeness (QED) is 0.885. The van der Waals surface area contributed by atoms with Gasteiger partial charge in [-0.05, 0) is 37.5 Å². The Bertz CT molecular complexity index is 533. The van der Waals surface area contributed by atoms with Gasteiger partial charge in [0.1, 0.15) is 5.75 Å². The molecule has 1 unspecified atom stereocenters. The second-order valence-electron chi connectivity index (χ2n) is 5.98. The lowest BCUT2D eigenvalue weighted by molar-refractivity contribution is 0.0470. The van der Waals surface area contributed by atoms with E-state index in [0.717, 1.165) is 30.6 Å². The van der Waals surface area contributed by atoms with E-state index in [0.29, 0.717) is 18.7 Å². The Kier molecular flexibility index (Phi) is 5.42. The molecule has 1 aromatic rings. The Labute approximate surface area is 132 Å². The lowest BCUT2D eigenvalue weighted by Crippen LogP contribution is -2.52. The molecule has 1 aromatic carbocycles. The zero-order chi connectivity index (χ0) is 16.3. The van der Waals surface area contributed by atoms with E-state index in [4.69, 9.17) is 0 Å². The van der Waals surface area contributed by atoms with Crippen LogP contribution in [0.15, 0.2) is 12.1 Å². The third kappa shape index (κ3) is 3.25. The van der Waals surface area contributed by atoms with Crippen molar-refractivity contribution >= 4 is 5.91 Å². The first-order valence-corrected chi connectivity index (χ1v) is 7.92. The molecule has 5 heteroatoms. The number of hydrogen-bond donors (Lipinski definition) is 2. The van der Waals surface area contributed by atoms with E-state index in [2.05, 4.69) is 11.8 Å². The van der Waals surface area contributed by atoms with Crippen molar-refractivity contribution in [1.29, 1.82) is 0 Å². The van der Waals surface area contributed by atoms with Gasteiger partial charge in [-0.2, -0.15) is 0 Å². The minimum Gasteiger partial charge on any atom is -0.507 e. The first kappa shape index (κ1) is 16.8. The molecular formula is C17H26N2O3. The molecule has 1 heterocycles. The predicted molar refractivity (Wildman–Crippen MR) is 86.2 cm³/mol. The molecule has 1 saturated heterocycles. The normalized spacial score (nSPS) is 17.5. The van der Waals surface area contributed by atoms with Gasteiger partial charge in [0, 0.05) is 32.2 Å². The summed E-state index contributed by atoms with van der Waals surface area (Å²) < 4.78 is 0. The number of carbonyl (C=O) groups is 1. The zero-order valence-electron chi connectivity index (χ0n) is 13.7. The van der Waals surface area contributed by atoms with E-state index in [1.54, 1.807) is 11.0 Å². The summed E-state index contributed by atoms with van der Waals surface area (Å²) in [5, 5.41) is 19.6.